The van der Waals surface area contributed by atoms with Gasteiger partial charge in [0.15, 0.2) is 11.5 Å². The van der Waals surface area contributed by atoms with Crippen LogP contribution in [0, 0.1) is 20.8 Å². The van der Waals surface area contributed by atoms with E-state index in [-0.39, 0.29) is 5.78 Å². The molecule has 1 aliphatic rings. The Kier molecular flexibility index (Phi) is 4.97. The van der Waals surface area contributed by atoms with Gasteiger partial charge in [0.25, 0.3) is 0 Å². The lowest BCUT2D eigenvalue weighted by Gasteiger charge is -2.24. The molecule has 0 radical (unpaired) electrons. The molecular formula is C30H23N3O3. The number of H-pyrrole nitrogens is 1. The molecule has 1 aliphatic carbocycles. The highest BCUT2D eigenvalue weighted by Gasteiger charge is 2.31. The van der Waals surface area contributed by atoms with Crippen molar-refractivity contribution in [3.8, 4) is 22.8 Å². The number of nitrogens with one attached hydrogen (secondary N) is 2. The summed E-state index contributed by atoms with van der Waals surface area (Å²) in [5, 5.41) is 4.09. The van der Waals surface area contributed by atoms with E-state index in [0.717, 1.165) is 22.4 Å². The molecule has 0 aliphatic heterocycles. The first kappa shape index (κ1) is 21.8. The van der Waals surface area contributed by atoms with E-state index >= 15 is 0 Å². The average Bonchev–Trinajstić information content (AvgIpc) is 2.86. The lowest BCUT2D eigenvalue weighted by atomic mass is 9.85. The van der Waals surface area contributed by atoms with E-state index in [1.54, 1.807) is 12.1 Å². The second kappa shape index (κ2) is 8.20. The summed E-state index contributed by atoms with van der Waals surface area (Å²) in [5.41, 5.74) is 6.83. The molecule has 0 bridgehead atoms. The molecule has 0 amide bonds. The third-order valence-electron chi connectivity index (χ3n) is 6.53. The molecular weight excluding hydrogens is 450 g/mol. The van der Waals surface area contributed by atoms with E-state index in [0.29, 0.717) is 50.5 Å². The standard InChI is InChI=1S/C30H23N3O3/c1-16-13-17(2)26(18(3)14-16)31-22-15-23(36-19-9-5-4-6-10-19)28-25-24(22)29(34)21-12-8-7-11-20(21)27(25)32-30(35)33-28/h4-15,31H,1-3H3,(H,32,33,35). The van der Waals surface area contributed by atoms with Crippen molar-refractivity contribution in [3.63, 3.8) is 0 Å². The first-order chi connectivity index (χ1) is 17.4. The third-order valence-corrected chi connectivity index (χ3v) is 6.53. The SMILES string of the molecule is Cc1cc(C)c(Nc2cc(Oc3ccccc3)c3[nH]c(=O)nc4c3c2C(=O)c2ccccc2-4)c(C)c1. The second-order valence-electron chi connectivity index (χ2n) is 9.13. The fourth-order valence-corrected chi connectivity index (χ4v) is 5.07. The van der Waals surface area contributed by atoms with E-state index < -0.39 is 5.69 Å². The number of nitrogens with zero attached hydrogens (tertiary/aromatic N) is 1. The van der Waals surface area contributed by atoms with E-state index in [9.17, 15) is 9.59 Å². The number of ketones is 1. The van der Waals surface area contributed by atoms with Crippen LogP contribution < -0.4 is 15.7 Å². The van der Waals surface area contributed by atoms with Crippen LogP contribution in [0.2, 0.25) is 0 Å². The minimum absolute atomic E-state index is 0.131. The number of carbonyl (C=O) groups is 1. The molecule has 1 aromatic heterocycles. The quantitative estimate of drug-likeness (QED) is 0.302. The number of anilines is 2. The molecule has 6 heteroatoms. The van der Waals surface area contributed by atoms with Gasteiger partial charge in [-0.15, -0.1) is 0 Å². The molecule has 0 fully saturated rings. The van der Waals surface area contributed by atoms with Crippen molar-refractivity contribution in [2.45, 2.75) is 20.8 Å². The van der Waals surface area contributed by atoms with Gasteiger partial charge in [0.1, 0.15) is 5.75 Å². The van der Waals surface area contributed by atoms with Crippen LogP contribution in [-0.4, -0.2) is 15.8 Å². The Hall–Kier alpha value is -4.71. The maximum atomic E-state index is 13.9. The highest BCUT2D eigenvalue weighted by Crippen LogP contribution is 2.45. The first-order valence-corrected chi connectivity index (χ1v) is 11.7. The average molecular weight is 474 g/mol. The normalized spacial score (nSPS) is 11.9. The van der Waals surface area contributed by atoms with Crippen molar-refractivity contribution in [1.29, 1.82) is 0 Å². The third kappa shape index (κ3) is 3.46. The molecule has 0 saturated carbocycles. The topological polar surface area (TPSA) is 84.1 Å². The van der Waals surface area contributed by atoms with Crippen molar-refractivity contribution < 1.29 is 9.53 Å². The van der Waals surface area contributed by atoms with Crippen LogP contribution in [0.3, 0.4) is 0 Å². The number of aromatic nitrogens is 2. The van der Waals surface area contributed by atoms with Crippen LogP contribution >= 0.6 is 0 Å². The summed E-state index contributed by atoms with van der Waals surface area (Å²) < 4.78 is 6.26. The fourth-order valence-electron chi connectivity index (χ4n) is 5.07. The Labute approximate surface area is 207 Å². The highest BCUT2D eigenvalue weighted by molar-refractivity contribution is 6.28. The summed E-state index contributed by atoms with van der Waals surface area (Å²) in [5.74, 6) is 0.911. The molecule has 0 unspecified atom stereocenters. The maximum Gasteiger partial charge on any atom is 0.346 e. The predicted octanol–water partition coefficient (Wildman–Crippen LogP) is 6.60. The van der Waals surface area contributed by atoms with Crippen LogP contribution in [0.5, 0.6) is 11.5 Å². The number of fused-ring (bicyclic) bond motifs is 2. The molecule has 4 aromatic carbocycles. The van der Waals surface area contributed by atoms with Crippen LogP contribution in [0.4, 0.5) is 11.4 Å². The van der Waals surface area contributed by atoms with E-state index in [1.165, 1.54) is 0 Å². The van der Waals surface area contributed by atoms with Gasteiger partial charge >= 0.3 is 5.69 Å². The number of ether oxygens (including phenoxy) is 1. The molecule has 6 nitrogen and oxygen atoms in total. The Morgan fingerprint density at radius 1 is 0.833 bits per heavy atom. The maximum absolute atomic E-state index is 13.9. The molecule has 6 rings (SSSR count). The number of hydrogen-bond donors (Lipinski definition) is 2. The summed E-state index contributed by atoms with van der Waals surface area (Å²) in [6.45, 7) is 6.14. The van der Waals surface area contributed by atoms with Crippen LogP contribution in [0.1, 0.15) is 32.6 Å². The van der Waals surface area contributed by atoms with E-state index in [1.807, 2.05) is 62.4 Å². The molecule has 36 heavy (non-hydrogen) atoms. The zero-order chi connectivity index (χ0) is 25.0. The number of benzene rings is 4. The van der Waals surface area contributed by atoms with Crippen molar-refractivity contribution in [3.05, 3.63) is 111 Å². The Balaban J connectivity index is 1.68. The van der Waals surface area contributed by atoms with Gasteiger partial charge in [-0.3, -0.25) is 4.79 Å². The summed E-state index contributed by atoms with van der Waals surface area (Å²) >= 11 is 0. The van der Waals surface area contributed by atoms with Gasteiger partial charge in [-0.25, -0.2) is 4.79 Å². The largest absolute Gasteiger partial charge is 0.455 e. The summed E-state index contributed by atoms with van der Waals surface area (Å²) in [6, 6.07) is 22.6. The van der Waals surface area contributed by atoms with Gasteiger partial charge in [0.2, 0.25) is 0 Å². The molecule has 0 saturated heterocycles. The van der Waals surface area contributed by atoms with Crippen LogP contribution in [-0.2, 0) is 0 Å². The smallest absolute Gasteiger partial charge is 0.346 e. The summed E-state index contributed by atoms with van der Waals surface area (Å²) in [6.07, 6.45) is 0. The van der Waals surface area contributed by atoms with Gasteiger partial charge in [-0.1, -0.05) is 60.2 Å². The minimum Gasteiger partial charge on any atom is -0.455 e. The van der Waals surface area contributed by atoms with Gasteiger partial charge in [0, 0.05) is 28.3 Å². The predicted molar refractivity (Wildman–Crippen MR) is 142 cm³/mol. The second-order valence-corrected chi connectivity index (χ2v) is 9.13. The number of aromatic amines is 1. The van der Waals surface area contributed by atoms with E-state index in [2.05, 4.69) is 34.3 Å². The Morgan fingerprint density at radius 3 is 2.22 bits per heavy atom. The molecule has 1 heterocycles. The molecule has 0 spiro atoms. The van der Waals surface area contributed by atoms with Crippen LogP contribution in [0.15, 0.2) is 77.6 Å². The van der Waals surface area contributed by atoms with Crippen molar-refractivity contribution in [2.24, 2.45) is 0 Å². The molecule has 176 valence electrons. The number of hydrogen-bond acceptors (Lipinski definition) is 5. The Morgan fingerprint density at radius 2 is 1.50 bits per heavy atom. The number of rotatable bonds is 4. The number of carbonyl (C=O) groups excluding carboxylic acids is 1. The van der Waals surface area contributed by atoms with Gasteiger partial charge in [-0.2, -0.15) is 4.98 Å². The monoisotopic (exact) mass is 473 g/mol. The molecule has 2 N–H and O–H groups in total. The number of para-hydroxylation sites is 1. The zero-order valence-electron chi connectivity index (χ0n) is 20.1. The van der Waals surface area contributed by atoms with Gasteiger partial charge in [0.05, 0.1) is 22.5 Å². The lowest BCUT2D eigenvalue weighted by Crippen LogP contribution is -2.19. The van der Waals surface area contributed by atoms with E-state index in [4.69, 9.17) is 4.74 Å². The first-order valence-electron chi connectivity index (χ1n) is 11.7. The van der Waals surface area contributed by atoms with Crippen molar-refractivity contribution >= 4 is 28.1 Å². The Bertz CT molecular complexity index is 1730. The number of aryl methyl sites for hydroxylation is 3. The molecule has 5 aromatic rings. The van der Waals surface area contributed by atoms with Crippen molar-refractivity contribution in [2.75, 3.05) is 5.32 Å². The molecule has 0 atom stereocenters. The summed E-state index contributed by atoms with van der Waals surface area (Å²) in [4.78, 5) is 33.7. The highest BCUT2D eigenvalue weighted by atomic mass is 16.5. The van der Waals surface area contributed by atoms with Gasteiger partial charge in [-0.05, 0) is 44.0 Å². The van der Waals surface area contributed by atoms with Gasteiger partial charge < -0.3 is 15.0 Å². The zero-order valence-corrected chi connectivity index (χ0v) is 20.1. The fraction of sp³-hybridized carbons (Fsp3) is 0.100. The summed E-state index contributed by atoms with van der Waals surface area (Å²) in [7, 11) is 0. The van der Waals surface area contributed by atoms with Crippen molar-refractivity contribution in [1.82, 2.24) is 9.97 Å². The van der Waals surface area contributed by atoms with Crippen LogP contribution in [0.25, 0.3) is 22.2 Å². The minimum atomic E-state index is -0.503. The lowest BCUT2D eigenvalue weighted by molar-refractivity contribution is 0.104.